The lowest BCUT2D eigenvalue weighted by Crippen LogP contribution is -2.22. The molecular weight excluding hydrogens is 254 g/mol. The molecule has 3 nitrogen and oxygen atoms in total. The van der Waals surface area contributed by atoms with Gasteiger partial charge in [-0.05, 0) is 18.2 Å². The molecule has 2 unspecified atom stereocenters. The van der Waals surface area contributed by atoms with Gasteiger partial charge in [-0.2, -0.15) is 13.2 Å². The number of aliphatic hydroxyl groups is 2. The van der Waals surface area contributed by atoms with E-state index in [1.54, 1.807) is 0 Å². The molecule has 1 heterocycles. The molecule has 0 aliphatic carbocycles. The molecule has 1 aromatic rings. The number of hydrogen-bond donors (Lipinski definition) is 2. The molecule has 1 aliphatic rings. The average Bonchev–Trinajstić information content (AvgIpc) is 2.57. The van der Waals surface area contributed by atoms with Crippen LogP contribution in [0.4, 0.5) is 23.2 Å². The second kappa shape index (κ2) is 4.40. The van der Waals surface area contributed by atoms with Gasteiger partial charge in [0.05, 0.1) is 23.5 Å². The number of rotatable bonds is 1. The van der Waals surface area contributed by atoms with Crippen LogP contribution in [0, 0.1) is 5.82 Å². The fourth-order valence-corrected chi connectivity index (χ4v) is 1.91. The first-order valence-electron chi connectivity index (χ1n) is 5.27. The molecule has 2 N–H and O–H groups in total. The van der Waals surface area contributed by atoms with E-state index >= 15 is 0 Å². The van der Waals surface area contributed by atoms with Crippen molar-refractivity contribution >= 4 is 5.69 Å². The minimum atomic E-state index is -4.59. The van der Waals surface area contributed by atoms with Crippen LogP contribution in [0.25, 0.3) is 0 Å². The Morgan fingerprint density at radius 1 is 1.11 bits per heavy atom. The molecule has 1 aromatic carbocycles. The van der Waals surface area contributed by atoms with Crippen molar-refractivity contribution in [3.63, 3.8) is 0 Å². The maximum Gasteiger partial charge on any atom is 0.416 e. The minimum absolute atomic E-state index is 0.0105. The first kappa shape index (κ1) is 13.1. The van der Waals surface area contributed by atoms with Crippen LogP contribution in [0.3, 0.4) is 0 Å². The molecule has 0 spiro atoms. The van der Waals surface area contributed by atoms with Gasteiger partial charge in [0.15, 0.2) is 0 Å². The van der Waals surface area contributed by atoms with E-state index in [9.17, 15) is 27.8 Å². The monoisotopic (exact) mass is 265 g/mol. The zero-order valence-corrected chi connectivity index (χ0v) is 9.15. The van der Waals surface area contributed by atoms with Gasteiger partial charge in [-0.15, -0.1) is 0 Å². The Labute approximate surface area is 100 Å². The third-order valence-electron chi connectivity index (χ3n) is 2.87. The summed E-state index contributed by atoms with van der Waals surface area (Å²) in [4.78, 5) is 1.31. The lowest BCUT2D eigenvalue weighted by molar-refractivity contribution is -0.137. The van der Waals surface area contributed by atoms with E-state index in [0.29, 0.717) is 6.07 Å². The molecule has 1 aliphatic heterocycles. The van der Waals surface area contributed by atoms with Crippen molar-refractivity contribution in [3.05, 3.63) is 29.6 Å². The quantitative estimate of drug-likeness (QED) is 0.754. The molecule has 0 aromatic heterocycles. The zero-order chi connectivity index (χ0) is 13.5. The van der Waals surface area contributed by atoms with E-state index in [-0.39, 0.29) is 18.8 Å². The van der Waals surface area contributed by atoms with Gasteiger partial charge in [-0.1, -0.05) is 0 Å². The third kappa shape index (κ3) is 2.41. The van der Waals surface area contributed by atoms with E-state index < -0.39 is 29.8 Å². The fourth-order valence-electron chi connectivity index (χ4n) is 1.91. The Morgan fingerprint density at radius 2 is 1.67 bits per heavy atom. The Hall–Kier alpha value is -1.34. The van der Waals surface area contributed by atoms with Gasteiger partial charge >= 0.3 is 6.18 Å². The van der Waals surface area contributed by atoms with Crippen molar-refractivity contribution in [3.8, 4) is 0 Å². The first-order valence-corrected chi connectivity index (χ1v) is 5.27. The van der Waals surface area contributed by atoms with Crippen molar-refractivity contribution in [2.75, 3.05) is 18.0 Å². The van der Waals surface area contributed by atoms with Crippen LogP contribution in [0.2, 0.25) is 0 Å². The molecule has 18 heavy (non-hydrogen) atoms. The highest BCUT2D eigenvalue weighted by atomic mass is 19.4. The fraction of sp³-hybridized carbons (Fsp3) is 0.455. The second-order valence-electron chi connectivity index (χ2n) is 4.20. The summed E-state index contributed by atoms with van der Waals surface area (Å²) in [5.74, 6) is -1.02. The summed E-state index contributed by atoms with van der Waals surface area (Å²) in [7, 11) is 0. The summed E-state index contributed by atoms with van der Waals surface area (Å²) < 4.78 is 50.6. The molecule has 1 fully saturated rings. The first-order chi connectivity index (χ1) is 8.29. The number of anilines is 1. The summed E-state index contributed by atoms with van der Waals surface area (Å²) >= 11 is 0. The van der Waals surface area contributed by atoms with Gasteiger partial charge in [-0.25, -0.2) is 4.39 Å². The Balaban J connectivity index is 2.26. The van der Waals surface area contributed by atoms with Gasteiger partial charge in [0, 0.05) is 13.1 Å². The molecule has 0 bridgehead atoms. The normalized spacial score (nSPS) is 24.7. The molecular formula is C11H11F4NO2. The summed E-state index contributed by atoms with van der Waals surface area (Å²) in [6, 6.07) is 2.19. The number of alkyl halides is 3. The number of hydrogen-bond acceptors (Lipinski definition) is 3. The van der Waals surface area contributed by atoms with E-state index in [2.05, 4.69) is 0 Å². The van der Waals surface area contributed by atoms with Crippen LogP contribution in [0.15, 0.2) is 18.2 Å². The topological polar surface area (TPSA) is 43.7 Å². The maximum absolute atomic E-state index is 13.6. The Bertz CT molecular complexity index is 439. The van der Waals surface area contributed by atoms with Crippen molar-refractivity contribution in [1.82, 2.24) is 0 Å². The standard InChI is InChI=1S/C11H11F4NO2/c12-7-3-6(11(13,14)15)1-2-8(7)16-4-9(17)10(18)5-16/h1-3,9-10,17-18H,4-5H2. The minimum Gasteiger partial charge on any atom is -0.389 e. The number of nitrogens with zero attached hydrogens (tertiary/aromatic N) is 1. The van der Waals surface area contributed by atoms with E-state index in [4.69, 9.17) is 0 Å². The average molecular weight is 265 g/mol. The van der Waals surface area contributed by atoms with Gasteiger partial charge in [0.25, 0.3) is 0 Å². The predicted molar refractivity (Wildman–Crippen MR) is 55.6 cm³/mol. The predicted octanol–water partition coefficient (Wildman–Crippen LogP) is 1.39. The molecule has 100 valence electrons. The second-order valence-corrected chi connectivity index (χ2v) is 4.20. The smallest absolute Gasteiger partial charge is 0.389 e. The van der Waals surface area contributed by atoms with Crippen molar-refractivity contribution in [2.24, 2.45) is 0 Å². The van der Waals surface area contributed by atoms with Gasteiger partial charge in [-0.3, -0.25) is 0 Å². The molecule has 0 saturated carbocycles. The van der Waals surface area contributed by atoms with Crippen molar-refractivity contribution < 1.29 is 27.8 Å². The van der Waals surface area contributed by atoms with Crippen LogP contribution < -0.4 is 4.90 Å². The van der Waals surface area contributed by atoms with Gasteiger partial charge in [0.2, 0.25) is 0 Å². The summed E-state index contributed by atoms with van der Waals surface area (Å²) in [5.41, 5.74) is -1.12. The van der Waals surface area contributed by atoms with Crippen molar-refractivity contribution in [1.29, 1.82) is 0 Å². The third-order valence-corrected chi connectivity index (χ3v) is 2.87. The van der Waals surface area contributed by atoms with Crippen LogP contribution in [-0.2, 0) is 6.18 Å². The van der Waals surface area contributed by atoms with Crippen LogP contribution >= 0.6 is 0 Å². The lowest BCUT2D eigenvalue weighted by Gasteiger charge is -2.19. The van der Waals surface area contributed by atoms with E-state index in [1.807, 2.05) is 0 Å². The van der Waals surface area contributed by atoms with E-state index in [1.165, 1.54) is 4.90 Å². The maximum atomic E-state index is 13.6. The highest BCUT2D eigenvalue weighted by Gasteiger charge is 2.34. The SMILES string of the molecule is OC1CN(c2ccc(C(F)(F)F)cc2F)CC1O. The van der Waals surface area contributed by atoms with Gasteiger partial charge < -0.3 is 15.1 Å². The molecule has 0 radical (unpaired) electrons. The van der Waals surface area contributed by atoms with E-state index in [0.717, 1.165) is 12.1 Å². The molecule has 1 saturated heterocycles. The highest BCUT2D eigenvalue weighted by molar-refractivity contribution is 5.51. The Morgan fingerprint density at radius 3 is 2.11 bits per heavy atom. The number of halogens is 4. The lowest BCUT2D eigenvalue weighted by atomic mass is 10.2. The summed E-state index contributed by atoms with van der Waals surface area (Å²) in [6.45, 7) is -0.0209. The zero-order valence-electron chi connectivity index (χ0n) is 9.15. The van der Waals surface area contributed by atoms with Crippen LogP contribution in [-0.4, -0.2) is 35.5 Å². The molecule has 7 heteroatoms. The summed E-state index contributed by atoms with van der Waals surface area (Å²) in [6.07, 6.45) is -6.64. The largest absolute Gasteiger partial charge is 0.416 e. The molecule has 2 atom stereocenters. The molecule has 0 amide bonds. The van der Waals surface area contributed by atoms with Crippen molar-refractivity contribution in [2.45, 2.75) is 18.4 Å². The van der Waals surface area contributed by atoms with Gasteiger partial charge in [0.1, 0.15) is 5.82 Å². The van der Waals surface area contributed by atoms with Crippen LogP contribution in [0.1, 0.15) is 5.56 Å². The number of β-amino-alcohol motifs (C(OH)–C–C–N with tert-alkyl or cyclic N) is 2. The number of benzene rings is 1. The summed E-state index contributed by atoms with van der Waals surface area (Å²) in [5, 5.41) is 18.6. The molecule has 2 rings (SSSR count). The number of aliphatic hydroxyl groups excluding tert-OH is 2. The highest BCUT2D eigenvalue weighted by Crippen LogP contribution is 2.33. The van der Waals surface area contributed by atoms with Crippen LogP contribution in [0.5, 0.6) is 0 Å². The Kier molecular flexibility index (Phi) is 3.20.